The normalized spacial score (nSPS) is 23.7. The van der Waals surface area contributed by atoms with E-state index < -0.39 is 0 Å². The van der Waals surface area contributed by atoms with E-state index in [2.05, 4.69) is 28.6 Å². The average molecular weight is 336 g/mol. The standard InChI is InChI=1S/C17H22ClN3O2/c1-21-8-6-11(7-9-21)13-3-2-12(10-14(13)18)19-15-4-5-16(22)20-17(15)23/h2-3,10-11,15,19H,4-9H2,1H3,(H,20,22,23). The highest BCUT2D eigenvalue weighted by Gasteiger charge is 2.26. The van der Waals surface area contributed by atoms with E-state index in [1.54, 1.807) is 0 Å². The quantitative estimate of drug-likeness (QED) is 0.832. The number of carbonyl (C=O) groups is 2. The first-order valence-electron chi connectivity index (χ1n) is 8.11. The van der Waals surface area contributed by atoms with Gasteiger partial charge in [-0.3, -0.25) is 14.9 Å². The van der Waals surface area contributed by atoms with Gasteiger partial charge in [0.15, 0.2) is 0 Å². The predicted molar refractivity (Wildman–Crippen MR) is 90.7 cm³/mol. The van der Waals surface area contributed by atoms with Gasteiger partial charge in [-0.2, -0.15) is 0 Å². The first kappa shape index (κ1) is 16.3. The summed E-state index contributed by atoms with van der Waals surface area (Å²) in [5.74, 6) is 0.0313. The topological polar surface area (TPSA) is 61.4 Å². The first-order chi connectivity index (χ1) is 11.0. The minimum absolute atomic E-state index is 0.205. The molecule has 6 heteroatoms. The number of hydrogen-bond donors (Lipinski definition) is 2. The largest absolute Gasteiger partial charge is 0.374 e. The molecule has 0 spiro atoms. The van der Waals surface area contributed by atoms with Crippen molar-refractivity contribution in [1.29, 1.82) is 0 Å². The van der Waals surface area contributed by atoms with Crippen molar-refractivity contribution in [2.75, 3.05) is 25.5 Å². The average Bonchev–Trinajstić information content (AvgIpc) is 2.51. The molecular formula is C17H22ClN3O2. The summed E-state index contributed by atoms with van der Waals surface area (Å²) in [5, 5.41) is 6.27. The fourth-order valence-electron chi connectivity index (χ4n) is 3.30. The second-order valence-corrected chi connectivity index (χ2v) is 6.87. The summed E-state index contributed by atoms with van der Waals surface area (Å²) in [6.07, 6.45) is 3.12. The number of nitrogens with one attached hydrogen (secondary N) is 2. The van der Waals surface area contributed by atoms with E-state index in [1.807, 2.05) is 12.1 Å². The van der Waals surface area contributed by atoms with Gasteiger partial charge in [0.1, 0.15) is 6.04 Å². The number of rotatable bonds is 3. The molecule has 1 unspecified atom stereocenters. The molecule has 2 aliphatic heterocycles. The van der Waals surface area contributed by atoms with Crippen LogP contribution in [0.5, 0.6) is 0 Å². The van der Waals surface area contributed by atoms with Crippen molar-refractivity contribution in [1.82, 2.24) is 10.2 Å². The maximum Gasteiger partial charge on any atom is 0.249 e. The molecular weight excluding hydrogens is 314 g/mol. The number of benzene rings is 1. The van der Waals surface area contributed by atoms with Crippen LogP contribution in [0.1, 0.15) is 37.2 Å². The zero-order valence-corrected chi connectivity index (χ0v) is 14.0. The fourth-order valence-corrected chi connectivity index (χ4v) is 3.63. The summed E-state index contributed by atoms with van der Waals surface area (Å²) < 4.78 is 0. The van der Waals surface area contributed by atoms with Crippen LogP contribution < -0.4 is 10.6 Å². The van der Waals surface area contributed by atoms with Crippen molar-refractivity contribution in [2.45, 2.75) is 37.6 Å². The van der Waals surface area contributed by atoms with E-state index >= 15 is 0 Å². The van der Waals surface area contributed by atoms with Crippen LogP contribution in [0.2, 0.25) is 5.02 Å². The van der Waals surface area contributed by atoms with Crippen LogP contribution in [0.25, 0.3) is 0 Å². The Labute approximate surface area is 141 Å². The lowest BCUT2D eigenvalue weighted by Gasteiger charge is -2.30. The van der Waals surface area contributed by atoms with Crippen molar-refractivity contribution in [3.05, 3.63) is 28.8 Å². The van der Waals surface area contributed by atoms with Crippen LogP contribution in [-0.2, 0) is 9.59 Å². The molecule has 2 amide bonds. The number of hydrogen-bond acceptors (Lipinski definition) is 4. The maximum atomic E-state index is 11.8. The van der Waals surface area contributed by atoms with Crippen molar-refractivity contribution in [2.24, 2.45) is 0 Å². The molecule has 2 N–H and O–H groups in total. The molecule has 23 heavy (non-hydrogen) atoms. The highest BCUT2D eigenvalue weighted by Crippen LogP contribution is 2.34. The van der Waals surface area contributed by atoms with Gasteiger partial charge in [0.2, 0.25) is 11.8 Å². The van der Waals surface area contributed by atoms with Crippen molar-refractivity contribution >= 4 is 29.1 Å². The van der Waals surface area contributed by atoms with Crippen LogP contribution >= 0.6 is 11.6 Å². The Kier molecular flexibility index (Phi) is 4.87. The minimum Gasteiger partial charge on any atom is -0.374 e. The Morgan fingerprint density at radius 3 is 2.61 bits per heavy atom. The highest BCUT2D eigenvalue weighted by atomic mass is 35.5. The summed E-state index contributed by atoms with van der Waals surface area (Å²) >= 11 is 6.47. The molecule has 0 saturated carbocycles. The van der Waals surface area contributed by atoms with E-state index in [4.69, 9.17) is 11.6 Å². The van der Waals surface area contributed by atoms with E-state index in [0.29, 0.717) is 18.8 Å². The lowest BCUT2D eigenvalue weighted by Crippen LogP contribution is -2.47. The number of likely N-dealkylation sites (tertiary alicyclic amines) is 1. The molecule has 124 valence electrons. The van der Waals surface area contributed by atoms with Gasteiger partial charge in [-0.1, -0.05) is 17.7 Å². The first-order valence-corrected chi connectivity index (χ1v) is 8.49. The van der Waals surface area contributed by atoms with Crippen molar-refractivity contribution in [3.8, 4) is 0 Å². The van der Waals surface area contributed by atoms with E-state index in [0.717, 1.165) is 36.6 Å². The lowest BCUT2D eigenvalue weighted by atomic mass is 9.89. The van der Waals surface area contributed by atoms with Gasteiger partial charge in [-0.25, -0.2) is 0 Å². The van der Waals surface area contributed by atoms with E-state index in [9.17, 15) is 9.59 Å². The third kappa shape index (κ3) is 3.85. The Morgan fingerprint density at radius 2 is 1.96 bits per heavy atom. The Hall–Kier alpha value is -1.59. The molecule has 0 aromatic heterocycles. The molecule has 0 aliphatic carbocycles. The Bertz CT molecular complexity index is 612. The van der Waals surface area contributed by atoms with Gasteiger partial charge in [0.05, 0.1) is 0 Å². The molecule has 5 nitrogen and oxygen atoms in total. The number of imide groups is 1. The van der Waals surface area contributed by atoms with Gasteiger partial charge >= 0.3 is 0 Å². The lowest BCUT2D eigenvalue weighted by molar-refractivity contribution is -0.133. The van der Waals surface area contributed by atoms with Crippen LogP contribution in [-0.4, -0.2) is 42.9 Å². The highest BCUT2D eigenvalue weighted by molar-refractivity contribution is 6.31. The summed E-state index contributed by atoms with van der Waals surface area (Å²) in [6, 6.07) is 5.55. The third-order valence-corrected chi connectivity index (χ3v) is 5.07. The molecule has 2 saturated heterocycles. The molecule has 0 radical (unpaired) electrons. The molecule has 2 heterocycles. The van der Waals surface area contributed by atoms with Gasteiger partial charge in [-0.15, -0.1) is 0 Å². The molecule has 0 bridgehead atoms. The van der Waals surface area contributed by atoms with E-state index in [-0.39, 0.29) is 17.9 Å². The number of halogens is 1. The minimum atomic E-state index is -0.377. The fraction of sp³-hybridized carbons (Fsp3) is 0.529. The number of carbonyl (C=O) groups excluding carboxylic acids is 2. The van der Waals surface area contributed by atoms with Gasteiger partial charge in [0, 0.05) is 17.1 Å². The zero-order chi connectivity index (χ0) is 16.4. The number of amides is 2. The monoisotopic (exact) mass is 335 g/mol. The number of piperidine rings is 2. The second-order valence-electron chi connectivity index (χ2n) is 6.46. The molecule has 1 aromatic carbocycles. The summed E-state index contributed by atoms with van der Waals surface area (Å²) in [6.45, 7) is 2.19. The van der Waals surface area contributed by atoms with Crippen molar-refractivity contribution < 1.29 is 9.59 Å². The van der Waals surface area contributed by atoms with Gasteiger partial charge in [-0.05, 0) is 63.0 Å². The van der Waals surface area contributed by atoms with Gasteiger partial charge in [0.25, 0.3) is 0 Å². The molecule has 2 fully saturated rings. The maximum absolute atomic E-state index is 11.8. The molecule has 1 aromatic rings. The van der Waals surface area contributed by atoms with Crippen LogP contribution in [0.15, 0.2) is 18.2 Å². The summed E-state index contributed by atoms with van der Waals surface area (Å²) in [7, 11) is 2.14. The zero-order valence-electron chi connectivity index (χ0n) is 13.3. The van der Waals surface area contributed by atoms with E-state index in [1.165, 1.54) is 5.56 Å². The number of anilines is 1. The smallest absolute Gasteiger partial charge is 0.249 e. The second kappa shape index (κ2) is 6.89. The van der Waals surface area contributed by atoms with Crippen molar-refractivity contribution in [3.63, 3.8) is 0 Å². The Balaban J connectivity index is 1.67. The van der Waals surface area contributed by atoms with Crippen LogP contribution in [0.4, 0.5) is 5.69 Å². The Morgan fingerprint density at radius 1 is 1.22 bits per heavy atom. The number of nitrogens with zero attached hydrogens (tertiary/aromatic N) is 1. The van der Waals surface area contributed by atoms with Crippen LogP contribution in [0.3, 0.4) is 0 Å². The van der Waals surface area contributed by atoms with Crippen LogP contribution in [0, 0.1) is 0 Å². The summed E-state index contributed by atoms with van der Waals surface area (Å²) in [4.78, 5) is 25.3. The SMILES string of the molecule is CN1CCC(c2ccc(NC3CCC(=O)NC3=O)cc2Cl)CC1. The molecule has 1 atom stereocenters. The predicted octanol–water partition coefficient (Wildman–Crippen LogP) is 2.37. The van der Waals surface area contributed by atoms with Gasteiger partial charge < -0.3 is 10.2 Å². The molecule has 3 rings (SSSR count). The summed E-state index contributed by atoms with van der Waals surface area (Å²) in [5.41, 5.74) is 2.01. The molecule has 2 aliphatic rings. The third-order valence-electron chi connectivity index (χ3n) is 4.74.